The molecule has 1 amide bonds. The van der Waals surface area contributed by atoms with Crippen LogP contribution < -0.4 is 4.74 Å². The van der Waals surface area contributed by atoms with Crippen LogP contribution in [0, 0.1) is 5.82 Å². The minimum Gasteiger partial charge on any atom is -0.496 e. The van der Waals surface area contributed by atoms with Crippen molar-refractivity contribution in [1.29, 1.82) is 0 Å². The number of methoxy groups -OCH3 is 1. The van der Waals surface area contributed by atoms with Gasteiger partial charge in [-0.25, -0.2) is 14.2 Å². The summed E-state index contributed by atoms with van der Waals surface area (Å²) in [5.74, 6) is -0.582. The third-order valence-corrected chi connectivity index (χ3v) is 7.45. The fraction of sp³-hybridized carbons (Fsp3) is 0.357. The lowest BCUT2D eigenvalue weighted by Crippen LogP contribution is -2.40. The predicted octanol–water partition coefficient (Wildman–Crippen LogP) is 9.36. The number of ether oxygens (including phenoxy) is 2. The maximum atomic E-state index is 14.7. The molecule has 1 saturated heterocycles. The molecule has 14 heteroatoms. The van der Waals surface area contributed by atoms with Gasteiger partial charge in [0.15, 0.2) is 11.1 Å². The average molecular weight is 639 g/mol. The number of hydrogen-bond donors (Lipinski definition) is 0. The standard InChI is InChI=1S/C28H23Cl2F7N2O3/c1-13(2)18-10-19(22(41-4)11-20(18)31)17-5-6-23(29)38-21(17)12-39-25(40)42-24(26(39,3)30)14-7-15(27(32,33)34)9-16(8-14)28(35,36)37/h5-11,13,24H,12H2,1-4H3/t24-,26-/m1/s1. The van der Waals surface area contributed by atoms with Crippen molar-refractivity contribution < 1.29 is 45.0 Å². The van der Waals surface area contributed by atoms with Crippen molar-refractivity contribution in [3.63, 3.8) is 0 Å². The molecule has 0 unspecified atom stereocenters. The topological polar surface area (TPSA) is 51.7 Å². The second kappa shape index (κ2) is 11.1. The first-order valence-electron chi connectivity index (χ1n) is 12.3. The SMILES string of the molecule is COc1cc(F)c(C(C)C)cc1-c1ccc(Cl)nc1CN1C(=O)O[C@H](c2cc(C(F)(F)F)cc(C(F)(F)F)c2)[C@]1(C)Cl. The molecular formula is C28H23Cl2F7N2O3. The minimum absolute atomic E-state index is 0.00648. The zero-order valence-corrected chi connectivity index (χ0v) is 23.9. The molecule has 0 radical (unpaired) electrons. The summed E-state index contributed by atoms with van der Waals surface area (Å²) < 4.78 is 106. The lowest BCUT2D eigenvalue weighted by molar-refractivity contribution is -0.143. The Morgan fingerprint density at radius 1 is 1.02 bits per heavy atom. The minimum atomic E-state index is -5.12. The van der Waals surface area contributed by atoms with E-state index in [0.717, 1.165) is 4.90 Å². The molecule has 2 aromatic carbocycles. The predicted molar refractivity (Wildman–Crippen MR) is 141 cm³/mol. The molecule has 2 heterocycles. The molecule has 0 bridgehead atoms. The number of carbonyl (C=O) groups is 1. The molecule has 0 N–H and O–H groups in total. The normalized spacial score (nSPS) is 19.4. The van der Waals surface area contributed by atoms with Crippen LogP contribution in [0.4, 0.5) is 35.5 Å². The van der Waals surface area contributed by atoms with Gasteiger partial charge in [-0.15, -0.1) is 0 Å². The summed E-state index contributed by atoms with van der Waals surface area (Å²) in [6.45, 7) is 4.37. The number of nitrogens with zero attached hydrogens (tertiary/aromatic N) is 2. The first-order valence-corrected chi connectivity index (χ1v) is 13.1. The van der Waals surface area contributed by atoms with E-state index in [4.69, 9.17) is 32.7 Å². The smallest absolute Gasteiger partial charge is 0.416 e. The number of rotatable bonds is 6. The zero-order valence-electron chi connectivity index (χ0n) is 22.4. The zero-order chi connectivity index (χ0) is 31.4. The molecule has 1 fully saturated rings. The summed E-state index contributed by atoms with van der Waals surface area (Å²) in [4.78, 5) is 16.3. The summed E-state index contributed by atoms with van der Waals surface area (Å²) in [5, 5.41) is 0.00648. The van der Waals surface area contributed by atoms with Gasteiger partial charge in [0.1, 0.15) is 16.7 Å². The summed E-state index contributed by atoms with van der Waals surface area (Å²) >= 11 is 12.8. The number of carbonyl (C=O) groups excluding carboxylic acids is 1. The Bertz CT molecular complexity index is 1490. The molecule has 5 nitrogen and oxygen atoms in total. The van der Waals surface area contributed by atoms with Crippen LogP contribution in [0.25, 0.3) is 11.1 Å². The first-order chi connectivity index (χ1) is 19.3. The summed E-state index contributed by atoms with van der Waals surface area (Å²) in [6, 6.07) is 6.63. The highest BCUT2D eigenvalue weighted by Gasteiger charge is 2.52. The lowest BCUT2D eigenvalue weighted by atomic mass is 9.94. The molecule has 1 aliphatic heterocycles. The van der Waals surface area contributed by atoms with Crippen LogP contribution in [0.1, 0.15) is 60.7 Å². The van der Waals surface area contributed by atoms with Gasteiger partial charge in [0, 0.05) is 17.2 Å². The van der Waals surface area contributed by atoms with Gasteiger partial charge in [-0.1, -0.05) is 37.0 Å². The molecule has 4 rings (SSSR count). The molecule has 2 atom stereocenters. The maximum Gasteiger partial charge on any atom is 0.416 e. The van der Waals surface area contributed by atoms with Gasteiger partial charge in [-0.2, -0.15) is 26.3 Å². The Labute approximate surface area is 246 Å². The highest BCUT2D eigenvalue weighted by Crippen LogP contribution is 2.48. The Morgan fingerprint density at radius 3 is 2.14 bits per heavy atom. The van der Waals surface area contributed by atoms with Gasteiger partial charge in [0.2, 0.25) is 0 Å². The highest BCUT2D eigenvalue weighted by molar-refractivity contribution is 6.29. The molecule has 0 saturated carbocycles. The quantitative estimate of drug-likeness (QED) is 0.117. The molecule has 0 aliphatic carbocycles. The third-order valence-electron chi connectivity index (χ3n) is 6.84. The third kappa shape index (κ3) is 6.10. The van der Waals surface area contributed by atoms with Crippen molar-refractivity contribution in [3.8, 4) is 16.9 Å². The fourth-order valence-electron chi connectivity index (χ4n) is 4.70. The number of benzene rings is 2. The van der Waals surface area contributed by atoms with Crippen LogP contribution >= 0.6 is 23.2 Å². The van der Waals surface area contributed by atoms with Crippen molar-refractivity contribution in [1.82, 2.24) is 9.88 Å². The van der Waals surface area contributed by atoms with Crippen molar-refractivity contribution in [3.05, 3.63) is 81.4 Å². The fourth-order valence-corrected chi connectivity index (χ4v) is 5.16. The van der Waals surface area contributed by atoms with Crippen molar-refractivity contribution >= 4 is 29.3 Å². The second-order valence-corrected chi connectivity index (χ2v) is 11.2. The number of aromatic nitrogens is 1. The summed E-state index contributed by atoms with van der Waals surface area (Å²) in [6.07, 6.45) is -13.1. The Kier molecular flexibility index (Phi) is 8.38. The van der Waals surface area contributed by atoms with Crippen LogP contribution in [0.5, 0.6) is 5.75 Å². The monoisotopic (exact) mass is 638 g/mol. The van der Waals surface area contributed by atoms with E-state index in [0.29, 0.717) is 28.8 Å². The lowest BCUT2D eigenvalue weighted by Gasteiger charge is -2.30. The number of halogens is 9. The number of cyclic esters (lactones) is 1. The molecular weight excluding hydrogens is 616 g/mol. The van der Waals surface area contributed by atoms with E-state index in [1.807, 2.05) is 0 Å². The van der Waals surface area contributed by atoms with E-state index in [1.165, 1.54) is 26.2 Å². The maximum absolute atomic E-state index is 14.7. The van der Waals surface area contributed by atoms with Gasteiger partial charge in [-0.05, 0) is 60.4 Å². The van der Waals surface area contributed by atoms with Crippen LogP contribution in [-0.2, 0) is 23.6 Å². The number of hydrogen-bond acceptors (Lipinski definition) is 4. The van der Waals surface area contributed by atoms with E-state index in [1.54, 1.807) is 26.0 Å². The molecule has 3 aromatic rings. The summed E-state index contributed by atoms with van der Waals surface area (Å²) in [7, 11) is 1.33. The summed E-state index contributed by atoms with van der Waals surface area (Å²) in [5.41, 5.74) is -2.53. The first kappa shape index (κ1) is 31.7. The van der Waals surface area contributed by atoms with Crippen molar-refractivity contribution in [2.75, 3.05) is 7.11 Å². The van der Waals surface area contributed by atoms with E-state index in [9.17, 15) is 35.5 Å². The molecule has 0 spiro atoms. The average Bonchev–Trinajstić information content (AvgIpc) is 3.10. The van der Waals surface area contributed by atoms with Crippen LogP contribution in [0.2, 0.25) is 5.15 Å². The van der Waals surface area contributed by atoms with Crippen molar-refractivity contribution in [2.45, 2.75) is 56.7 Å². The van der Waals surface area contributed by atoms with Gasteiger partial charge in [-0.3, -0.25) is 4.90 Å². The largest absolute Gasteiger partial charge is 0.496 e. The number of alkyl halides is 7. The van der Waals surface area contributed by atoms with E-state index >= 15 is 0 Å². The van der Waals surface area contributed by atoms with Crippen LogP contribution in [0.3, 0.4) is 0 Å². The molecule has 1 aromatic heterocycles. The van der Waals surface area contributed by atoms with E-state index in [-0.39, 0.29) is 28.6 Å². The Hall–Kier alpha value is -3.25. The van der Waals surface area contributed by atoms with Gasteiger partial charge in [0.05, 0.1) is 30.5 Å². The molecule has 226 valence electrons. The molecule has 1 aliphatic rings. The van der Waals surface area contributed by atoms with Crippen LogP contribution in [-0.4, -0.2) is 28.1 Å². The van der Waals surface area contributed by atoms with Gasteiger partial charge in [0.25, 0.3) is 0 Å². The van der Waals surface area contributed by atoms with Crippen LogP contribution in [0.15, 0.2) is 42.5 Å². The number of pyridine rings is 1. The Balaban J connectivity index is 1.80. The van der Waals surface area contributed by atoms with E-state index in [2.05, 4.69) is 4.98 Å². The van der Waals surface area contributed by atoms with Gasteiger partial charge >= 0.3 is 18.4 Å². The highest BCUT2D eigenvalue weighted by atomic mass is 35.5. The van der Waals surface area contributed by atoms with E-state index < -0.39 is 58.6 Å². The second-order valence-electron chi connectivity index (χ2n) is 10.1. The number of amides is 1. The molecule has 42 heavy (non-hydrogen) atoms. The van der Waals surface area contributed by atoms with Gasteiger partial charge < -0.3 is 9.47 Å². The Morgan fingerprint density at radius 2 is 1.62 bits per heavy atom. The van der Waals surface area contributed by atoms with Crippen molar-refractivity contribution in [2.24, 2.45) is 0 Å².